The van der Waals surface area contributed by atoms with Crippen molar-refractivity contribution in [3.05, 3.63) is 16.1 Å². The van der Waals surface area contributed by atoms with E-state index in [1.54, 1.807) is 0 Å². The highest BCUT2D eigenvalue weighted by Gasteiger charge is 2.44. The van der Waals surface area contributed by atoms with Crippen molar-refractivity contribution in [2.75, 3.05) is 19.8 Å². The molecule has 0 aliphatic carbocycles. The molecule has 0 atom stereocenters. The van der Waals surface area contributed by atoms with Crippen molar-refractivity contribution in [2.45, 2.75) is 31.2 Å². The molecule has 1 N–H and O–H groups in total. The van der Waals surface area contributed by atoms with Gasteiger partial charge in [-0.15, -0.1) is 0 Å². The summed E-state index contributed by atoms with van der Waals surface area (Å²) in [6.45, 7) is 2.32. The summed E-state index contributed by atoms with van der Waals surface area (Å²) < 4.78 is 8.47. The number of nitrogens with zero attached hydrogens (tertiary/aromatic N) is 2. The fourth-order valence-electron chi connectivity index (χ4n) is 2.54. The molecule has 0 unspecified atom stereocenters. The van der Waals surface area contributed by atoms with Crippen molar-refractivity contribution in [1.29, 1.82) is 0 Å². The molecule has 0 bridgehead atoms. The molecule has 2 aliphatic rings. The summed E-state index contributed by atoms with van der Waals surface area (Å²) in [5.41, 5.74) is 1.03. The van der Waals surface area contributed by atoms with E-state index in [1.807, 2.05) is 0 Å². The molecule has 0 aromatic carbocycles. The van der Waals surface area contributed by atoms with Crippen LogP contribution in [0, 0.1) is 0 Å². The number of aliphatic hydroxyl groups excluding tert-OH is 1. The lowest BCUT2D eigenvalue weighted by molar-refractivity contribution is -0.0901. The van der Waals surface area contributed by atoms with Gasteiger partial charge in [0.1, 0.15) is 10.4 Å². The number of hydrogen-bond acceptors (Lipinski definition) is 3. The molecule has 0 amide bonds. The summed E-state index contributed by atoms with van der Waals surface area (Å²) in [7, 11) is 0. The van der Waals surface area contributed by atoms with Crippen LogP contribution in [0.2, 0.25) is 0 Å². The molecule has 16 heavy (non-hydrogen) atoms. The molecule has 5 heteroatoms. The Bertz CT molecular complexity index is 407. The predicted molar refractivity (Wildman–Crippen MR) is 62.4 cm³/mol. The van der Waals surface area contributed by atoms with Gasteiger partial charge in [0.05, 0.1) is 30.9 Å². The normalized spacial score (nSPS) is 22.6. The number of hydrogen-bond donors (Lipinski definition) is 1. The molecule has 4 nitrogen and oxygen atoms in total. The van der Waals surface area contributed by atoms with Gasteiger partial charge < -0.3 is 14.4 Å². The number of rotatable bonds is 2. The first-order valence-electron chi connectivity index (χ1n) is 5.71. The Labute approximate surface area is 103 Å². The van der Waals surface area contributed by atoms with Gasteiger partial charge in [0.2, 0.25) is 0 Å². The standard InChI is InChI=1S/C11H15BrN2O2/c12-9-8-3-1-2-4-14(8)10(13-9)11(5-15)6-16-7-11/h15H,1-7H2. The van der Waals surface area contributed by atoms with Crippen LogP contribution in [0.3, 0.4) is 0 Å². The summed E-state index contributed by atoms with van der Waals surface area (Å²) in [5.74, 6) is 1.00. The second kappa shape index (κ2) is 3.82. The number of imidazole rings is 1. The highest BCUT2D eigenvalue weighted by atomic mass is 79.9. The first kappa shape index (κ1) is 10.7. The topological polar surface area (TPSA) is 47.3 Å². The van der Waals surface area contributed by atoms with Gasteiger partial charge in [0.25, 0.3) is 0 Å². The number of aromatic nitrogens is 2. The number of fused-ring (bicyclic) bond motifs is 1. The fourth-order valence-corrected chi connectivity index (χ4v) is 3.12. The first-order valence-corrected chi connectivity index (χ1v) is 6.50. The maximum Gasteiger partial charge on any atom is 0.127 e. The molecule has 1 aromatic rings. The van der Waals surface area contributed by atoms with E-state index in [9.17, 15) is 5.11 Å². The van der Waals surface area contributed by atoms with Crippen molar-refractivity contribution in [1.82, 2.24) is 9.55 Å². The Balaban J connectivity index is 2.07. The van der Waals surface area contributed by atoms with Crippen molar-refractivity contribution >= 4 is 15.9 Å². The van der Waals surface area contributed by atoms with Crippen LogP contribution in [0.1, 0.15) is 24.4 Å². The van der Waals surface area contributed by atoms with Gasteiger partial charge in [-0.2, -0.15) is 0 Å². The molecule has 1 aromatic heterocycles. The summed E-state index contributed by atoms with van der Waals surface area (Å²) in [6, 6.07) is 0. The highest BCUT2D eigenvalue weighted by molar-refractivity contribution is 9.10. The molecule has 88 valence electrons. The Morgan fingerprint density at radius 2 is 2.25 bits per heavy atom. The minimum Gasteiger partial charge on any atom is -0.395 e. The largest absolute Gasteiger partial charge is 0.395 e. The number of aliphatic hydroxyl groups is 1. The molecule has 0 spiro atoms. The summed E-state index contributed by atoms with van der Waals surface area (Å²) in [6.07, 6.45) is 3.51. The SMILES string of the molecule is OCC1(c2nc(Br)c3n2CCCC3)COC1. The van der Waals surface area contributed by atoms with E-state index >= 15 is 0 Å². The second-order valence-electron chi connectivity index (χ2n) is 4.71. The zero-order valence-corrected chi connectivity index (χ0v) is 10.7. The lowest BCUT2D eigenvalue weighted by Gasteiger charge is -2.39. The van der Waals surface area contributed by atoms with Crippen LogP contribution < -0.4 is 0 Å². The van der Waals surface area contributed by atoms with Crippen LogP contribution in [0.15, 0.2) is 4.60 Å². The molecule has 1 fully saturated rings. The van der Waals surface area contributed by atoms with E-state index in [1.165, 1.54) is 18.5 Å². The zero-order valence-electron chi connectivity index (χ0n) is 9.08. The highest BCUT2D eigenvalue weighted by Crippen LogP contribution is 2.35. The quantitative estimate of drug-likeness (QED) is 0.890. The Morgan fingerprint density at radius 3 is 2.88 bits per heavy atom. The van der Waals surface area contributed by atoms with Gasteiger partial charge in [0.15, 0.2) is 0 Å². The van der Waals surface area contributed by atoms with E-state index in [0.29, 0.717) is 13.2 Å². The molecular weight excluding hydrogens is 272 g/mol. The van der Waals surface area contributed by atoms with Crippen LogP contribution in [-0.4, -0.2) is 34.5 Å². The third kappa shape index (κ3) is 1.38. The average Bonchev–Trinajstić information content (AvgIpc) is 2.58. The smallest absolute Gasteiger partial charge is 0.127 e. The minimum atomic E-state index is -0.252. The van der Waals surface area contributed by atoms with Gasteiger partial charge in [-0.3, -0.25) is 0 Å². The summed E-state index contributed by atoms with van der Waals surface area (Å²) >= 11 is 3.52. The molecule has 1 saturated heterocycles. The van der Waals surface area contributed by atoms with E-state index in [-0.39, 0.29) is 12.0 Å². The van der Waals surface area contributed by atoms with Crippen LogP contribution in [0.4, 0.5) is 0 Å². The second-order valence-corrected chi connectivity index (χ2v) is 5.46. The number of halogens is 1. The molecule has 2 aliphatic heterocycles. The third-order valence-electron chi connectivity index (χ3n) is 3.60. The van der Waals surface area contributed by atoms with Crippen molar-refractivity contribution in [2.24, 2.45) is 0 Å². The fraction of sp³-hybridized carbons (Fsp3) is 0.727. The maximum atomic E-state index is 9.55. The van der Waals surface area contributed by atoms with Crippen LogP contribution >= 0.6 is 15.9 Å². The third-order valence-corrected chi connectivity index (χ3v) is 4.24. The zero-order chi connectivity index (χ0) is 11.2. The minimum absolute atomic E-state index is 0.121. The molecule has 0 radical (unpaired) electrons. The van der Waals surface area contributed by atoms with Gasteiger partial charge >= 0.3 is 0 Å². The van der Waals surface area contributed by atoms with Gasteiger partial charge in [0, 0.05) is 6.54 Å². The van der Waals surface area contributed by atoms with Crippen molar-refractivity contribution in [3.63, 3.8) is 0 Å². The predicted octanol–water partition coefficient (Wildman–Crippen LogP) is 1.24. The number of ether oxygens (including phenoxy) is 1. The lowest BCUT2D eigenvalue weighted by atomic mass is 9.85. The van der Waals surface area contributed by atoms with Crippen LogP contribution in [0.5, 0.6) is 0 Å². The van der Waals surface area contributed by atoms with E-state index in [4.69, 9.17) is 4.74 Å². The van der Waals surface area contributed by atoms with Gasteiger partial charge in [-0.1, -0.05) is 0 Å². The van der Waals surface area contributed by atoms with E-state index < -0.39 is 0 Å². The molecule has 3 heterocycles. The van der Waals surface area contributed by atoms with Crippen molar-refractivity contribution < 1.29 is 9.84 Å². The van der Waals surface area contributed by atoms with Gasteiger partial charge in [-0.25, -0.2) is 4.98 Å². The lowest BCUT2D eigenvalue weighted by Crippen LogP contribution is -2.51. The Kier molecular flexibility index (Phi) is 2.57. The van der Waals surface area contributed by atoms with E-state index in [0.717, 1.165) is 23.4 Å². The summed E-state index contributed by atoms with van der Waals surface area (Å²) in [4.78, 5) is 4.60. The monoisotopic (exact) mass is 286 g/mol. The Hall–Kier alpha value is -0.390. The Morgan fingerprint density at radius 1 is 1.44 bits per heavy atom. The van der Waals surface area contributed by atoms with Crippen molar-refractivity contribution in [3.8, 4) is 0 Å². The van der Waals surface area contributed by atoms with E-state index in [2.05, 4.69) is 25.5 Å². The summed E-state index contributed by atoms with van der Waals surface area (Å²) in [5, 5.41) is 9.55. The van der Waals surface area contributed by atoms with Crippen LogP contribution in [0.25, 0.3) is 0 Å². The average molecular weight is 287 g/mol. The molecule has 3 rings (SSSR count). The molecule has 0 saturated carbocycles. The van der Waals surface area contributed by atoms with Crippen LogP contribution in [-0.2, 0) is 23.1 Å². The molecular formula is C11H15BrN2O2. The first-order chi connectivity index (χ1) is 7.77. The maximum absolute atomic E-state index is 9.55. The van der Waals surface area contributed by atoms with Gasteiger partial charge in [-0.05, 0) is 35.2 Å².